The van der Waals surface area contributed by atoms with Gasteiger partial charge in [-0.05, 0) is 24.1 Å². The van der Waals surface area contributed by atoms with E-state index in [1.807, 2.05) is 24.5 Å². The van der Waals surface area contributed by atoms with Crippen LogP contribution in [-0.4, -0.2) is 9.97 Å². The van der Waals surface area contributed by atoms with Gasteiger partial charge < -0.3 is 0 Å². The van der Waals surface area contributed by atoms with Crippen LogP contribution in [0.2, 0.25) is 0 Å². The van der Waals surface area contributed by atoms with Gasteiger partial charge in [-0.2, -0.15) is 5.26 Å². The van der Waals surface area contributed by atoms with Crippen molar-refractivity contribution in [2.24, 2.45) is 0 Å². The molecule has 0 saturated carbocycles. The average Bonchev–Trinajstić information content (AvgIpc) is 2.39. The van der Waals surface area contributed by atoms with Crippen molar-refractivity contribution >= 4 is 0 Å². The topological polar surface area (TPSA) is 49.6 Å². The van der Waals surface area contributed by atoms with Gasteiger partial charge in [-0.1, -0.05) is 19.1 Å². The van der Waals surface area contributed by atoms with Gasteiger partial charge in [0.25, 0.3) is 0 Å². The van der Waals surface area contributed by atoms with Crippen LogP contribution in [-0.2, 0) is 6.42 Å². The van der Waals surface area contributed by atoms with E-state index in [1.165, 1.54) is 0 Å². The zero-order valence-corrected chi connectivity index (χ0v) is 9.01. The molecule has 1 heterocycles. The lowest BCUT2D eigenvalue weighted by atomic mass is 10.1. The molecule has 0 N–H and O–H groups in total. The summed E-state index contributed by atoms with van der Waals surface area (Å²) < 4.78 is 0. The van der Waals surface area contributed by atoms with Crippen molar-refractivity contribution in [2.45, 2.75) is 13.3 Å². The number of rotatable bonds is 2. The first kappa shape index (κ1) is 10.3. The molecule has 1 aromatic carbocycles. The van der Waals surface area contributed by atoms with E-state index >= 15 is 0 Å². The standard InChI is InChI=1S/C13H11N3/c1-2-10-8-15-13(16-9-10)12-5-3-4-11(6-12)7-14/h3-6,8-9H,2H2,1H3. The summed E-state index contributed by atoms with van der Waals surface area (Å²) in [6, 6.07) is 9.41. The minimum atomic E-state index is 0.626. The van der Waals surface area contributed by atoms with E-state index in [-0.39, 0.29) is 0 Å². The van der Waals surface area contributed by atoms with Gasteiger partial charge in [0.2, 0.25) is 0 Å². The number of nitrogens with zero attached hydrogens (tertiary/aromatic N) is 3. The molecule has 1 aromatic heterocycles. The molecule has 0 spiro atoms. The highest BCUT2D eigenvalue weighted by atomic mass is 14.9. The molecule has 3 nitrogen and oxygen atoms in total. The second-order valence-electron chi connectivity index (χ2n) is 3.46. The van der Waals surface area contributed by atoms with Crippen LogP contribution in [0.5, 0.6) is 0 Å². The SMILES string of the molecule is CCc1cnc(-c2cccc(C#N)c2)nc1. The first-order chi connectivity index (χ1) is 7.83. The molecule has 0 bridgehead atoms. The summed E-state index contributed by atoms with van der Waals surface area (Å²) in [4.78, 5) is 8.55. The average molecular weight is 209 g/mol. The second-order valence-corrected chi connectivity index (χ2v) is 3.46. The molecule has 0 unspecified atom stereocenters. The summed E-state index contributed by atoms with van der Waals surface area (Å²) in [6.07, 6.45) is 4.57. The van der Waals surface area contributed by atoms with E-state index in [1.54, 1.807) is 12.1 Å². The highest BCUT2D eigenvalue weighted by Crippen LogP contribution is 2.15. The third kappa shape index (κ3) is 2.06. The van der Waals surface area contributed by atoms with Crippen molar-refractivity contribution in [3.05, 3.63) is 47.8 Å². The smallest absolute Gasteiger partial charge is 0.159 e. The molecular formula is C13H11N3. The lowest BCUT2D eigenvalue weighted by Crippen LogP contribution is -1.91. The molecule has 0 amide bonds. The van der Waals surface area contributed by atoms with Crippen LogP contribution < -0.4 is 0 Å². The lowest BCUT2D eigenvalue weighted by Gasteiger charge is -2.01. The molecule has 2 aromatic rings. The molecule has 3 heteroatoms. The highest BCUT2D eigenvalue weighted by molar-refractivity contribution is 5.57. The van der Waals surface area contributed by atoms with E-state index in [0.717, 1.165) is 17.5 Å². The lowest BCUT2D eigenvalue weighted by molar-refractivity contribution is 1.05. The predicted molar refractivity (Wildman–Crippen MR) is 61.6 cm³/mol. The number of nitriles is 1. The molecule has 0 aliphatic rings. The Morgan fingerprint density at radius 3 is 2.62 bits per heavy atom. The van der Waals surface area contributed by atoms with Crippen LogP contribution >= 0.6 is 0 Å². The number of hydrogen-bond acceptors (Lipinski definition) is 3. The largest absolute Gasteiger partial charge is 0.236 e. The molecule has 0 saturated heterocycles. The van der Waals surface area contributed by atoms with Crippen molar-refractivity contribution < 1.29 is 0 Å². The van der Waals surface area contributed by atoms with Gasteiger partial charge in [0.05, 0.1) is 11.6 Å². The molecule has 0 fully saturated rings. The van der Waals surface area contributed by atoms with Crippen molar-refractivity contribution in [3.8, 4) is 17.5 Å². The fourth-order valence-electron chi connectivity index (χ4n) is 1.41. The Hall–Kier alpha value is -2.21. The Morgan fingerprint density at radius 1 is 1.25 bits per heavy atom. The van der Waals surface area contributed by atoms with Crippen LogP contribution in [0, 0.1) is 11.3 Å². The maximum atomic E-state index is 8.80. The number of hydrogen-bond donors (Lipinski definition) is 0. The first-order valence-electron chi connectivity index (χ1n) is 5.15. The first-order valence-corrected chi connectivity index (χ1v) is 5.15. The van der Waals surface area contributed by atoms with E-state index in [9.17, 15) is 0 Å². The van der Waals surface area contributed by atoms with Crippen LogP contribution in [0.3, 0.4) is 0 Å². The Labute approximate surface area is 94.4 Å². The Kier molecular flexibility index (Phi) is 2.93. The molecule has 0 aliphatic carbocycles. The van der Waals surface area contributed by atoms with Gasteiger partial charge in [0.15, 0.2) is 5.82 Å². The zero-order chi connectivity index (χ0) is 11.4. The molecule has 0 aliphatic heterocycles. The molecule has 0 radical (unpaired) electrons. The summed E-state index contributed by atoms with van der Waals surface area (Å²) in [6.45, 7) is 2.06. The number of aryl methyl sites for hydroxylation is 1. The van der Waals surface area contributed by atoms with Gasteiger partial charge in [0.1, 0.15) is 0 Å². The van der Waals surface area contributed by atoms with Crippen molar-refractivity contribution in [1.29, 1.82) is 5.26 Å². The van der Waals surface area contributed by atoms with Crippen molar-refractivity contribution in [2.75, 3.05) is 0 Å². The third-order valence-electron chi connectivity index (χ3n) is 2.36. The Balaban J connectivity index is 2.39. The Morgan fingerprint density at radius 2 is 2.00 bits per heavy atom. The fraction of sp³-hybridized carbons (Fsp3) is 0.154. The van der Waals surface area contributed by atoms with Gasteiger partial charge in [-0.15, -0.1) is 0 Å². The van der Waals surface area contributed by atoms with Crippen LogP contribution in [0.15, 0.2) is 36.7 Å². The number of benzene rings is 1. The number of aromatic nitrogens is 2. The predicted octanol–water partition coefficient (Wildman–Crippen LogP) is 2.58. The summed E-state index contributed by atoms with van der Waals surface area (Å²) in [7, 11) is 0. The molecule has 78 valence electrons. The van der Waals surface area contributed by atoms with Gasteiger partial charge in [0, 0.05) is 18.0 Å². The quantitative estimate of drug-likeness (QED) is 0.763. The van der Waals surface area contributed by atoms with E-state index in [0.29, 0.717) is 11.4 Å². The molecule has 2 rings (SSSR count). The van der Waals surface area contributed by atoms with Crippen LogP contribution in [0.25, 0.3) is 11.4 Å². The molecular weight excluding hydrogens is 198 g/mol. The maximum Gasteiger partial charge on any atom is 0.159 e. The van der Waals surface area contributed by atoms with E-state index < -0.39 is 0 Å². The molecule has 0 atom stereocenters. The van der Waals surface area contributed by atoms with Gasteiger partial charge in [-0.3, -0.25) is 0 Å². The Bertz CT molecular complexity index is 524. The highest BCUT2D eigenvalue weighted by Gasteiger charge is 2.01. The summed E-state index contributed by atoms with van der Waals surface area (Å²) in [5, 5.41) is 8.80. The molecule has 16 heavy (non-hydrogen) atoms. The van der Waals surface area contributed by atoms with E-state index in [2.05, 4.69) is 23.0 Å². The van der Waals surface area contributed by atoms with E-state index in [4.69, 9.17) is 5.26 Å². The minimum absolute atomic E-state index is 0.626. The van der Waals surface area contributed by atoms with Crippen molar-refractivity contribution in [1.82, 2.24) is 9.97 Å². The summed E-state index contributed by atoms with van der Waals surface area (Å²) >= 11 is 0. The maximum absolute atomic E-state index is 8.80. The normalized spacial score (nSPS) is 9.75. The van der Waals surface area contributed by atoms with Crippen molar-refractivity contribution in [3.63, 3.8) is 0 Å². The van der Waals surface area contributed by atoms with Crippen LogP contribution in [0.4, 0.5) is 0 Å². The monoisotopic (exact) mass is 209 g/mol. The van der Waals surface area contributed by atoms with Gasteiger partial charge >= 0.3 is 0 Å². The summed E-state index contributed by atoms with van der Waals surface area (Å²) in [5.74, 6) is 0.661. The third-order valence-corrected chi connectivity index (χ3v) is 2.36. The second kappa shape index (κ2) is 4.54. The van der Waals surface area contributed by atoms with Crippen LogP contribution in [0.1, 0.15) is 18.1 Å². The zero-order valence-electron chi connectivity index (χ0n) is 9.01. The van der Waals surface area contributed by atoms with Gasteiger partial charge in [-0.25, -0.2) is 9.97 Å². The minimum Gasteiger partial charge on any atom is -0.236 e. The summed E-state index contributed by atoms with van der Waals surface area (Å²) in [5.41, 5.74) is 2.61. The fourth-order valence-corrected chi connectivity index (χ4v) is 1.41.